The molecule has 0 aromatic heterocycles. The summed E-state index contributed by atoms with van der Waals surface area (Å²) in [4.78, 5) is 11.3. The molecule has 0 aliphatic carbocycles. The molecule has 0 bridgehead atoms. The summed E-state index contributed by atoms with van der Waals surface area (Å²) in [5.74, 6) is -1.95. The third kappa shape index (κ3) is 4.45. The Balaban J connectivity index is 2.31. The number of benzene rings is 1. The smallest absolute Gasteiger partial charge is 0.237 e. The lowest BCUT2D eigenvalue weighted by Crippen LogP contribution is -2.51. The molecule has 1 aromatic rings. The van der Waals surface area contributed by atoms with E-state index in [9.17, 15) is 13.6 Å². The van der Waals surface area contributed by atoms with Crippen LogP contribution in [0.25, 0.3) is 0 Å². The zero-order valence-corrected chi connectivity index (χ0v) is 11.7. The van der Waals surface area contributed by atoms with Crippen molar-refractivity contribution in [2.45, 2.75) is 31.7 Å². The second-order valence-electron chi connectivity index (χ2n) is 4.83. The van der Waals surface area contributed by atoms with Gasteiger partial charge in [-0.05, 0) is 45.4 Å². The van der Waals surface area contributed by atoms with Gasteiger partial charge in [0.05, 0.1) is 12.1 Å². The number of nitrogens with one attached hydrogen (secondary N) is 1. The number of rotatable bonds is 8. The Bertz CT molecular complexity index is 468. The summed E-state index contributed by atoms with van der Waals surface area (Å²) in [6.07, 6.45) is 1.99. The van der Waals surface area contributed by atoms with Gasteiger partial charge >= 0.3 is 0 Å². The average Bonchev–Trinajstić information content (AvgIpc) is 2.41. The third-order valence-corrected chi connectivity index (χ3v) is 3.33. The number of carbonyl (C=O) groups is 1. The van der Waals surface area contributed by atoms with E-state index < -0.39 is 23.1 Å². The van der Waals surface area contributed by atoms with Crippen molar-refractivity contribution in [2.24, 2.45) is 5.73 Å². The van der Waals surface area contributed by atoms with Crippen LogP contribution in [0.5, 0.6) is 5.75 Å². The Morgan fingerprint density at radius 2 is 2.05 bits per heavy atom. The summed E-state index contributed by atoms with van der Waals surface area (Å²) in [6.45, 7) is 2.11. The molecule has 1 atom stereocenters. The van der Waals surface area contributed by atoms with E-state index in [4.69, 9.17) is 10.5 Å². The minimum absolute atomic E-state index is 0.287. The van der Waals surface area contributed by atoms with Crippen molar-refractivity contribution in [3.63, 3.8) is 0 Å². The summed E-state index contributed by atoms with van der Waals surface area (Å²) in [5.41, 5.74) is 4.57. The molecule has 4 nitrogen and oxygen atoms in total. The van der Waals surface area contributed by atoms with Crippen molar-refractivity contribution in [3.05, 3.63) is 29.8 Å². The van der Waals surface area contributed by atoms with Gasteiger partial charge in [0.25, 0.3) is 0 Å². The predicted molar refractivity (Wildman–Crippen MR) is 72.4 cm³/mol. The monoisotopic (exact) mass is 286 g/mol. The Morgan fingerprint density at radius 1 is 1.35 bits per heavy atom. The van der Waals surface area contributed by atoms with Gasteiger partial charge in [0.1, 0.15) is 5.75 Å². The number of nitrogens with two attached hydrogens (primary N) is 1. The van der Waals surface area contributed by atoms with Crippen LogP contribution in [0.3, 0.4) is 0 Å². The molecule has 6 heteroatoms. The van der Waals surface area contributed by atoms with Crippen molar-refractivity contribution in [1.29, 1.82) is 0 Å². The zero-order valence-electron chi connectivity index (χ0n) is 11.7. The van der Waals surface area contributed by atoms with Gasteiger partial charge < -0.3 is 15.8 Å². The highest BCUT2D eigenvalue weighted by atomic mass is 19.2. The van der Waals surface area contributed by atoms with Gasteiger partial charge in [-0.3, -0.25) is 4.79 Å². The van der Waals surface area contributed by atoms with Crippen LogP contribution in [0.15, 0.2) is 18.2 Å². The van der Waals surface area contributed by atoms with Crippen LogP contribution in [0.2, 0.25) is 0 Å². The van der Waals surface area contributed by atoms with Crippen LogP contribution in [-0.2, 0) is 4.79 Å². The lowest BCUT2D eigenvalue weighted by atomic mass is 9.94. The second kappa shape index (κ2) is 7.19. The molecule has 0 aliphatic heterocycles. The highest BCUT2D eigenvalue weighted by Gasteiger charge is 2.27. The number of carbonyl (C=O) groups excluding carboxylic acids is 1. The van der Waals surface area contributed by atoms with E-state index in [1.54, 1.807) is 14.0 Å². The van der Waals surface area contributed by atoms with Crippen molar-refractivity contribution < 1.29 is 18.3 Å². The molecule has 0 fully saturated rings. The Kier molecular flexibility index (Phi) is 5.88. The summed E-state index contributed by atoms with van der Waals surface area (Å²) in [6, 6.07) is 3.41. The van der Waals surface area contributed by atoms with Crippen LogP contribution >= 0.6 is 0 Å². The first-order valence-corrected chi connectivity index (χ1v) is 6.46. The standard InChI is InChI=1S/C14H20F2N2O2/c1-14(18-2,13(17)19)7-3-4-8-20-10-5-6-11(15)12(16)9-10/h5-6,9,18H,3-4,7-8H2,1-2H3,(H2,17,19). The largest absolute Gasteiger partial charge is 0.493 e. The molecule has 0 saturated heterocycles. The molecule has 0 radical (unpaired) electrons. The van der Waals surface area contributed by atoms with Gasteiger partial charge in [-0.15, -0.1) is 0 Å². The third-order valence-electron chi connectivity index (χ3n) is 3.33. The summed E-state index contributed by atoms with van der Waals surface area (Å²) < 4.78 is 30.9. The molecule has 1 rings (SSSR count). The maximum absolute atomic E-state index is 12.9. The van der Waals surface area contributed by atoms with Gasteiger partial charge in [0.15, 0.2) is 11.6 Å². The molecular formula is C14H20F2N2O2. The molecule has 112 valence electrons. The van der Waals surface area contributed by atoms with Crippen LogP contribution in [0.4, 0.5) is 8.78 Å². The van der Waals surface area contributed by atoms with E-state index in [-0.39, 0.29) is 5.75 Å². The van der Waals surface area contributed by atoms with E-state index >= 15 is 0 Å². The summed E-state index contributed by atoms with van der Waals surface area (Å²) in [7, 11) is 1.68. The van der Waals surface area contributed by atoms with Crippen molar-refractivity contribution in [1.82, 2.24) is 5.32 Å². The number of unbranched alkanes of at least 4 members (excludes halogenated alkanes) is 1. The summed E-state index contributed by atoms with van der Waals surface area (Å²) >= 11 is 0. The number of amides is 1. The fourth-order valence-corrected chi connectivity index (χ4v) is 1.71. The molecule has 0 heterocycles. The summed E-state index contributed by atoms with van der Waals surface area (Å²) in [5, 5.41) is 2.89. The average molecular weight is 286 g/mol. The minimum atomic E-state index is -0.931. The number of likely N-dealkylation sites (N-methyl/N-ethyl adjacent to an activating group) is 1. The number of hydrogen-bond acceptors (Lipinski definition) is 3. The molecule has 1 unspecified atom stereocenters. The van der Waals surface area contributed by atoms with Crippen LogP contribution < -0.4 is 15.8 Å². The molecule has 1 amide bonds. The fraction of sp³-hybridized carbons (Fsp3) is 0.500. The molecule has 20 heavy (non-hydrogen) atoms. The van der Waals surface area contributed by atoms with Crippen LogP contribution in [0, 0.1) is 11.6 Å². The Labute approximate surface area is 117 Å². The number of ether oxygens (including phenoxy) is 1. The van der Waals surface area contributed by atoms with Crippen molar-refractivity contribution in [2.75, 3.05) is 13.7 Å². The Morgan fingerprint density at radius 3 is 2.60 bits per heavy atom. The van der Waals surface area contributed by atoms with Crippen molar-refractivity contribution in [3.8, 4) is 5.75 Å². The van der Waals surface area contributed by atoms with E-state index in [0.29, 0.717) is 19.4 Å². The molecule has 0 aliphatic rings. The number of halogens is 2. The van der Waals surface area contributed by atoms with Gasteiger partial charge in [-0.25, -0.2) is 8.78 Å². The topological polar surface area (TPSA) is 64.3 Å². The van der Waals surface area contributed by atoms with E-state index in [2.05, 4.69) is 5.32 Å². The first-order chi connectivity index (χ1) is 9.39. The normalized spacial score (nSPS) is 13.8. The molecule has 0 saturated carbocycles. The van der Waals surface area contributed by atoms with Gasteiger partial charge in [-0.1, -0.05) is 0 Å². The fourth-order valence-electron chi connectivity index (χ4n) is 1.71. The molecular weight excluding hydrogens is 266 g/mol. The van der Waals surface area contributed by atoms with Crippen LogP contribution in [-0.4, -0.2) is 25.1 Å². The maximum atomic E-state index is 12.9. The minimum Gasteiger partial charge on any atom is -0.493 e. The highest BCUT2D eigenvalue weighted by molar-refractivity contribution is 5.84. The van der Waals surface area contributed by atoms with Gasteiger partial charge in [0, 0.05) is 6.07 Å². The van der Waals surface area contributed by atoms with Gasteiger partial charge in [-0.2, -0.15) is 0 Å². The molecule has 1 aromatic carbocycles. The first-order valence-electron chi connectivity index (χ1n) is 6.46. The number of hydrogen-bond donors (Lipinski definition) is 2. The predicted octanol–water partition coefficient (Wildman–Crippen LogP) is 1.98. The zero-order chi connectivity index (χ0) is 15.2. The van der Waals surface area contributed by atoms with Crippen molar-refractivity contribution >= 4 is 5.91 Å². The van der Waals surface area contributed by atoms with E-state index in [1.807, 2.05) is 0 Å². The van der Waals surface area contributed by atoms with Gasteiger partial charge in [0.2, 0.25) is 5.91 Å². The van der Waals surface area contributed by atoms with E-state index in [1.165, 1.54) is 6.07 Å². The van der Waals surface area contributed by atoms with Crippen LogP contribution in [0.1, 0.15) is 26.2 Å². The maximum Gasteiger partial charge on any atom is 0.237 e. The number of primary amides is 1. The lowest BCUT2D eigenvalue weighted by Gasteiger charge is -2.25. The van der Waals surface area contributed by atoms with E-state index in [0.717, 1.165) is 18.6 Å². The lowest BCUT2D eigenvalue weighted by molar-refractivity contribution is -0.123. The quantitative estimate of drug-likeness (QED) is 0.718. The Hall–Kier alpha value is -1.69. The molecule has 0 spiro atoms. The second-order valence-corrected chi connectivity index (χ2v) is 4.83. The molecule has 3 N–H and O–H groups in total. The highest BCUT2D eigenvalue weighted by Crippen LogP contribution is 2.17. The first kappa shape index (κ1) is 16.4. The SMILES string of the molecule is CNC(C)(CCCCOc1ccc(F)c(F)c1)C(N)=O.